The number of alkyl halides is 3. The van der Waals surface area contributed by atoms with E-state index in [9.17, 15) is 32.3 Å². The Balaban J connectivity index is 1.91. The summed E-state index contributed by atoms with van der Waals surface area (Å²) in [5.74, 6) is -2.37. The molecule has 2 aromatic carbocycles. The molecule has 12 heteroatoms. The number of fused-ring (bicyclic) bond motifs is 2. The molecule has 2 aromatic rings. The van der Waals surface area contributed by atoms with Crippen LogP contribution in [0, 0.1) is 0 Å². The third kappa shape index (κ3) is 11.0. The Labute approximate surface area is 235 Å². The van der Waals surface area contributed by atoms with E-state index >= 15 is 0 Å². The number of halogens is 3. The smallest absolute Gasteiger partial charge is 0.405 e. The van der Waals surface area contributed by atoms with E-state index in [1.54, 1.807) is 35.7 Å². The topological polar surface area (TPSA) is 126 Å². The highest BCUT2D eigenvalue weighted by Gasteiger charge is 2.32. The van der Waals surface area contributed by atoms with Crippen LogP contribution in [-0.4, -0.2) is 61.1 Å². The molecule has 0 aromatic heterocycles. The molecule has 1 heterocycles. The molecular formula is C29H33F3N4O5. The maximum Gasteiger partial charge on any atom is 0.405 e. The SMILES string of the molecule is CC(=O)N[C@H]1Cc2cccc(c2)OC/C=C/C[C@@H](C(=O)NCC(F)(F)F)NC(=O)[C@H](CCc2ccccc2)NC1=O. The molecule has 3 atom stereocenters. The van der Waals surface area contributed by atoms with Crippen molar-refractivity contribution in [2.45, 2.75) is 56.9 Å². The van der Waals surface area contributed by atoms with Crippen LogP contribution in [0.4, 0.5) is 13.2 Å². The number of amides is 4. The Morgan fingerprint density at radius 3 is 2.46 bits per heavy atom. The maximum absolute atomic E-state index is 13.4. The van der Waals surface area contributed by atoms with Gasteiger partial charge >= 0.3 is 6.18 Å². The molecule has 4 N–H and O–H groups in total. The van der Waals surface area contributed by atoms with Crippen LogP contribution >= 0.6 is 0 Å². The molecule has 4 amide bonds. The molecule has 0 saturated heterocycles. The largest absolute Gasteiger partial charge is 0.490 e. The van der Waals surface area contributed by atoms with Gasteiger partial charge in [-0.05, 0) is 42.5 Å². The number of rotatable bonds is 6. The van der Waals surface area contributed by atoms with Crippen molar-refractivity contribution in [1.82, 2.24) is 21.3 Å². The van der Waals surface area contributed by atoms with Crippen LogP contribution in [0.2, 0.25) is 0 Å². The van der Waals surface area contributed by atoms with Crippen molar-refractivity contribution in [1.29, 1.82) is 0 Å². The quantitative estimate of drug-likeness (QED) is 0.395. The van der Waals surface area contributed by atoms with Gasteiger partial charge in [0.1, 0.15) is 37.0 Å². The Kier molecular flexibility index (Phi) is 11.3. The first-order chi connectivity index (χ1) is 19.5. The highest BCUT2D eigenvalue weighted by molar-refractivity contribution is 5.94. The second-order valence-corrected chi connectivity index (χ2v) is 9.60. The van der Waals surface area contributed by atoms with Gasteiger partial charge in [-0.3, -0.25) is 19.2 Å². The lowest BCUT2D eigenvalue weighted by atomic mass is 10.0. The molecule has 0 aliphatic carbocycles. The molecule has 220 valence electrons. The van der Waals surface area contributed by atoms with Crippen molar-refractivity contribution >= 4 is 23.6 Å². The first-order valence-electron chi connectivity index (χ1n) is 13.1. The van der Waals surface area contributed by atoms with Gasteiger partial charge in [0.2, 0.25) is 23.6 Å². The zero-order valence-electron chi connectivity index (χ0n) is 22.5. The van der Waals surface area contributed by atoms with Crippen molar-refractivity contribution in [3.05, 3.63) is 77.9 Å². The Hall–Kier alpha value is -4.35. The van der Waals surface area contributed by atoms with Crippen molar-refractivity contribution in [2.75, 3.05) is 13.2 Å². The van der Waals surface area contributed by atoms with E-state index < -0.39 is 54.5 Å². The predicted octanol–water partition coefficient (Wildman–Crippen LogP) is 2.35. The van der Waals surface area contributed by atoms with E-state index in [1.807, 2.05) is 30.3 Å². The minimum Gasteiger partial charge on any atom is -0.490 e. The minimum absolute atomic E-state index is 0.0869. The lowest BCUT2D eigenvalue weighted by Crippen LogP contribution is -2.57. The van der Waals surface area contributed by atoms with Crippen molar-refractivity contribution in [2.24, 2.45) is 0 Å². The molecule has 0 spiro atoms. The number of nitrogens with one attached hydrogen (secondary N) is 4. The normalized spacial score (nSPS) is 21.0. The predicted molar refractivity (Wildman–Crippen MR) is 145 cm³/mol. The lowest BCUT2D eigenvalue weighted by Gasteiger charge is -2.25. The zero-order valence-corrected chi connectivity index (χ0v) is 22.5. The number of carbonyl (C=O) groups is 4. The van der Waals surface area contributed by atoms with Crippen LogP contribution in [0.3, 0.4) is 0 Å². The summed E-state index contributed by atoms with van der Waals surface area (Å²) in [6, 6.07) is 12.6. The molecule has 0 radical (unpaired) electrons. The maximum atomic E-state index is 13.4. The number of hydrogen-bond acceptors (Lipinski definition) is 5. The third-order valence-electron chi connectivity index (χ3n) is 6.21. The molecule has 1 aliphatic heterocycles. The fraction of sp³-hybridized carbons (Fsp3) is 0.379. The second kappa shape index (κ2) is 14.9. The summed E-state index contributed by atoms with van der Waals surface area (Å²) in [6.45, 7) is -0.209. The summed E-state index contributed by atoms with van der Waals surface area (Å²) in [6.07, 6.45) is -1.03. The molecule has 3 rings (SSSR count). The van der Waals surface area contributed by atoms with Gasteiger partial charge in [-0.2, -0.15) is 13.2 Å². The van der Waals surface area contributed by atoms with E-state index in [4.69, 9.17) is 4.74 Å². The number of ether oxygens (including phenoxy) is 1. The van der Waals surface area contributed by atoms with Gasteiger partial charge in [0, 0.05) is 13.3 Å². The summed E-state index contributed by atoms with van der Waals surface area (Å²) in [4.78, 5) is 51.3. The van der Waals surface area contributed by atoms with Gasteiger partial charge in [0.05, 0.1) is 0 Å². The fourth-order valence-electron chi connectivity index (χ4n) is 4.21. The molecule has 0 saturated carbocycles. The molecule has 41 heavy (non-hydrogen) atoms. The number of hydrogen-bond donors (Lipinski definition) is 4. The molecule has 9 nitrogen and oxygen atoms in total. The number of aryl methyl sites for hydroxylation is 1. The van der Waals surface area contributed by atoms with Gasteiger partial charge in [0.15, 0.2) is 0 Å². The highest BCUT2D eigenvalue weighted by Crippen LogP contribution is 2.16. The second-order valence-electron chi connectivity index (χ2n) is 9.60. The average molecular weight is 575 g/mol. The van der Waals surface area contributed by atoms with Crippen LogP contribution in [0.25, 0.3) is 0 Å². The van der Waals surface area contributed by atoms with Crippen LogP contribution < -0.4 is 26.0 Å². The van der Waals surface area contributed by atoms with Crippen molar-refractivity contribution in [3.63, 3.8) is 0 Å². The molecule has 0 fully saturated rings. The van der Waals surface area contributed by atoms with Crippen molar-refractivity contribution in [3.8, 4) is 5.75 Å². The Morgan fingerprint density at radius 2 is 1.76 bits per heavy atom. The summed E-state index contributed by atoms with van der Waals surface area (Å²) in [5, 5.41) is 9.57. The first-order valence-corrected chi connectivity index (χ1v) is 13.1. The van der Waals surface area contributed by atoms with Gasteiger partial charge in [-0.1, -0.05) is 54.6 Å². The monoisotopic (exact) mass is 574 g/mol. The number of carbonyl (C=O) groups excluding carboxylic acids is 4. The van der Waals surface area contributed by atoms with Gasteiger partial charge < -0.3 is 26.0 Å². The lowest BCUT2D eigenvalue weighted by molar-refractivity contribution is -0.141. The number of benzene rings is 2. The van der Waals surface area contributed by atoms with Gasteiger partial charge in [-0.25, -0.2) is 0 Å². The van der Waals surface area contributed by atoms with Crippen LogP contribution in [0.15, 0.2) is 66.7 Å². The third-order valence-corrected chi connectivity index (χ3v) is 6.21. The van der Waals surface area contributed by atoms with Crippen LogP contribution in [-0.2, 0) is 32.0 Å². The highest BCUT2D eigenvalue weighted by atomic mass is 19.4. The van der Waals surface area contributed by atoms with E-state index in [1.165, 1.54) is 13.0 Å². The summed E-state index contributed by atoms with van der Waals surface area (Å²) in [5.41, 5.74) is 1.60. The average Bonchev–Trinajstić information content (AvgIpc) is 2.92. The van der Waals surface area contributed by atoms with E-state index in [0.29, 0.717) is 17.7 Å². The standard InChI is InChI=1S/C29H33F3N4O5/c1-19(37)34-25-17-21-10-7-11-22(16-21)41-15-6-5-12-23(26(38)33-18-29(30,31)32)35-27(39)24(36-28(25)40)14-13-20-8-3-2-4-9-20/h2-11,16,23-25H,12-15,17-18H2,1H3,(H,33,38)(H,34,37)(H,35,39)(H,36,40)/b6-5+/t23-,24-,25-/m0/s1. The molecular weight excluding hydrogens is 541 g/mol. The zero-order chi connectivity index (χ0) is 29.8. The Bertz CT molecular complexity index is 1240. The van der Waals surface area contributed by atoms with E-state index in [2.05, 4.69) is 16.0 Å². The van der Waals surface area contributed by atoms with E-state index in [-0.39, 0.29) is 25.9 Å². The first kappa shape index (κ1) is 31.2. The summed E-state index contributed by atoms with van der Waals surface area (Å²) in [7, 11) is 0. The fourth-order valence-corrected chi connectivity index (χ4v) is 4.21. The van der Waals surface area contributed by atoms with Gasteiger partial charge in [-0.15, -0.1) is 0 Å². The molecule has 2 bridgehead atoms. The van der Waals surface area contributed by atoms with Crippen LogP contribution in [0.1, 0.15) is 30.9 Å². The van der Waals surface area contributed by atoms with Gasteiger partial charge in [0.25, 0.3) is 0 Å². The van der Waals surface area contributed by atoms with E-state index in [0.717, 1.165) is 5.56 Å². The van der Waals surface area contributed by atoms with Crippen LogP contribution in [0.5, 0.6) is 5.75 Å². The Morgan fingerprint density at radius 1 is 1.00 bits per heavy atom. The van der Waals surface area contributed by atoms with Crippen molar-refractivity contribution < 1.29 is 37.1 Å². The molecule has 0 unspecified atom stereocenters. The molecule has 1 aliphatic rings. The summed E-state index contributed by atoms with van der Waals surface area (Å²) < 4.78 is 43.9. The summed E-state index contributed by atoms with van der Waals surface area (Å²) >= 11 is 0. The minimum atomic E-state index is -4.64.